The van der Waals surface area contributed by atoms with Crippen LogP contribution in [0.15, 0.2) is 17.1 Å². The summed E-state index contributed by atoms with van der Waals surface area (Å²) < 4.78 is 12.3. The zero-order chi connectivity index (χ0) is 18.3. The first-order valence-electron chi connectivity index (χ1n) is 8.60. The first kappa shape index (κ1) is 17.7. The van der Waals surface area contributed by atoms with E-state index in [9.17, 15) is 14.7 Å². The Kier molecular flexibility index (Phi) is 4.69. The molecule has 0 amide bonds. The van der Waals surface area contributed by atoms with Gasteiger partial charge in [0.1, 0.15) is 18.2 Å². The van der Waals surface area contributed by atoms with Crippen molar-refractivity contribution >= 4 is 18.2 Å². The predicted molar refractivity (Wildman–Crippen MR) is 90.2 cm³/mol. The lowest BCUT2D eigenvalue weighted by molar-refractivity contribution is -0.143. The number of carbonyl (C=O) groups is 2. The van der Waals surface area contributed by atoms with Crippen molar-refractivity contribution in [3.63, 3.8) is 0 Å². The average Bonchev–Trinajstić information content (AvgIpc) is 3.15. The minimum atomic E-state index is -0.553. The molecule has 6 atom stereocenters. The average molecular weight is 348 g/mol. The lowest BCUT2D eigenvalue weighted by atomic mass is 9.99. The number of aliphatic hydroxyl groups excluding tert-OH is 1. The molecule has 0 aromatic carbocycles. The Bertz CT molecular complexity index is 710. The molecule has 2 aliphatic rings. The van der Waals surface area contributed by atoms with Crippen molar-refractivity contribution < 1.29 is 24.2 Å². The molecule has 0 radical (unpaired) electrons. The zero-order valence-corrected chi connectivity index (χ0v) is 14.9. The van der Waals surface area contributed by atoms with Crippen LogP contribution < -0.4 is 0 Å². The van der Waals surface area contributed by atoms with E-state index in [1.165, 1.54) is 0 Å². The van der Waals surface area contributed by atoms with Crippen molar-refractivity contribution in [3.05, 3.63) is 23.5 Å². The van der Waals surface area contributed by atoms with Crippen molar-refractivity contribution in [2.75, 3.05) is 0 Å². The van der Waals surface area contributed by atoms with Crippen LogP contribution in [0.1, 0.15) is 45.1 Å². The molecule has 2 aliphatic heterocycles. The van der Waals surface area contributed by atoms with Gasteiger partial charge in [-0.2, -0.15) is 0 Å². The van der Waals surface area contributed by atoms with Crippen LogP contribution in [0, 0.1) is 11.8 Å². The van der Waals surface area contributed by atoms with Gasteiger partial charge in [-0.25, -0.2) is 9.59 Å². The van der Waals surface area contributed by atoms with E-state index in [1.807, 2.05) is 27.7 Å². The fourth-order valence-corrected chi connectivity index (χ4v) is 3.44. The Balaban J connectivity index is 1.93. The fourth-order valence-electron chi connectivity index (χ4n) is 3.44. The molecular weight excluding hydrogens is 324 g/mol. The number of aliphatic imine (C=N–C) groups is 1. The second-order valence-corrected chi connectivity index (χ2v) is 6.95. The second kappa shape index (κ2) is 6.63. The summed E-state index contributed by atoms with van der Waals surface area (Å²) in [7, 11) is 0. The van der Waals surface area contributed by atoms with E-state index in [-0.39, 0.29) is 42.6 Å². The Morgan fingerprint density at radius 2 is 1.72 bits per heavy atom. The molecule has 7 nitrogen and oxygen atoms in total. The van der Waals surface area contributed by atoms with Gasteiger partial charge in [0.05, 0.1) is 12.3 Å². The maximum Gasteiger partial charge on any atom is 0.331 e. The molecule has 0 saturated carbocycles. The maximum atomic E-state index is 12.3. The number of cyclic esters (lactones) is 2. The Morgan fingerprint density at radius 1 is 1.08 bits per heavy atom. The lowest BCUT2D eigenvalue weighted by Gasteiger charge is -2.19. The van der Waals surface area contributed by atoms with E-state index < -0.39 is 12.1 Å². The van der Waals surface area contributed by atoms with Crippen molar-refractivity contribution in [2.24, 2.45) is 16.8 Å². The van der Waals surface area contributed by atoms with E-state index in [4.69, 9.17) is 9.47 Å². The van der Waals surface area contributed by atoms with Gasteiger partial charge >= 0.3 is 11.9 Å². The molecule has 1 aromatic heterocycles. The number of ether oxygens (including phenoxy) is 2. The molecule has 0 bridgehead atoms. The Hall–Kier alpha value is -2.15. The van der Waals surface area contributed by atoms with Gasteiger partial charge in [-0.3, -0.25) is 4.99 Å². The maximum absolute atomic E-state index is 12.3. The lowest BCUT2D eigenvalue weighted by Crippen LogP contribution is -2.25. The Labute approximate surface area is 146 Å². The number of rotatable bonds is 4. The summed E-state index contributed by atoms with van der Waals surface area (Å²) in [5.41, 5.74) is 1.27. The van der Waals surface area contributed by atoms with E-state index in [1.54, 1.807) is 22.9 Å². The smallest absolute Gasteiger partial charge is 0.331 e. The van der Waals surface area contributed by atoms with Gasteiger partial charge in [-0.15, -0.1) is 0 Å². The summed E-state index contributed by atoms with van der Waals surface area (Å²) >= 11 is 0. The summed E-state index contributed by atoms with van der Waals surface area (Å²) in [4.78, 5) is 28.6. The van der Waals surface area contributed by atoms with Crippen LogP contribution in [0.2, 0.25) is 0 Å². The number of esters is 2. The molecule has 2 saturated heterocycles. The van der Waals surface area contributed by atoms with Gasteiger partial charge in [0.2, 0.25) is 0 Å². The molecule has 136 valence electrons. The first-order valence-corrected chi connectivity index (χ1v) is 8.60. The molecule has 3 heterocycles. The fraction of sp³-hybridized carbons (Fsp3) is 0.611. The number of nitrogens with zero attached hydrogens (tertiary/aromatic N) is 2. The summed E-state index contributed by atoms with van der Waals surface area (Å²) in [6, 6.07) is 2.47. The van der Waals surface area contributed by atoms with Crippen LogP contribution in [0.4, 0.5) is 0 Å². The van der Waals surface area contributed by atoms with Crippen molar-refractivity contribution in [3.8, 4) is 0 Å². The van der Waals surface area contributed by atoms with Crippen molar-refractivity contribution in [1.82, 2.24) is 4.57 Å². The van der Waals surface area contributed by atoms with Gasteiger partial charge < -0.3 is 19.1 Å². The third kappa shape index (κ3) is 2.97. The third-order valence-electron chi connectivity index (χ3n) is 5.41. The first-order chi connectivity index (χ1) is 11.8. The predicted octanol–water partition coefficient (Wildman–Crippen LogP) is 1.47. The standard InChI is InChI=1S/C18H24N2O5/c1-9-11(3)24-17(22)15(9)19-7-13-5-6-14(8-21)20(13)16-10(2)12(4)25-18(16)23/h5-7,9-12,15-16,21H,8H2,1-4H3/t9-,10-,11-,12-,15+,16+/m0/s1. The van der Waals surface area contributed by atoms with Gasteiger partial charge in [0, 0.05) is 23.7 Å². The summed E-state index contributed by atoms with van der Waals surface area (Å²) in [5.74, 6) is -0.700. The minimum absolute atomic E-state index is 0.0140. The van der Waals surface area contributed by atoms with E-state index >= 15 is 0 Å². The third-order valence-corrected chi connectivity index (χ3v) is 5.41. The topological polar surface area (TPSA) is 90.1 Å². The van der Waals surface area contributed by atoms with Crippen LogP contribution >= 0.6 is 0 Å². The van der Waals surface area contributed by atoms with Crippen LogP contribution in [0.3, 0.4) is 0 Å². The number of hydrogen-bond donors (Lipinski definition) is 1. The van der Waals surface area contributed by atoms with Crippen LogP contribution in [-0.2, 0) is 25.7 Å². The molecule has 1 aromatic rings. The monoisotopic (exact) mass is 348 g/mol. The quantitative estimate of drug-likeness (QED) is 0.657. The van der Waals surface area contributed by atoms with E-state index in [0.29, 0.717) is 11.4 Å². The van der Waals surface area contributed by atoms with Crippen LogP contribution in [-0.4, -0.2) is 46.1 Å². The molecular formula is C18H24N2O5. The molecule has 1 N–H and O–H groups in total. The Morgan fingerprint density at radius 3 is 2.24 bits per heavy atom. The zero-order valence-electron chi connectivity index (χ0n) is 14.9. The van der Waals surface area contributed by atoms with Crippen LogP contribution in [0.5, 0.6) is 0 Å². The van der Waals surface area contributed by atoms with Gasteiger partial charge in [0.25, 0.3) is 0 Å². The van der Waals surface area contributed by atoms with Crippen molar-refractivity contribution in [2.45, 2.75) is 58.6 Å². The van der Waals surface area contributed by atoms with Gasteiger partial charge in [-0.1, -0.05) is 13.8 Å². The highest BCUT2D eigenvalue weighted by Gasteiger charge is 2.42. The van der Waals surface area contributed by atoms with Crippen molar-refractivity contribution in [1.29, 1.82) is 0 Å². The highest BCUT2D eigenvalue weighted by molar-refractivity contribution is 5.86. The minimum Gasteiger partial charge on any atom is -0.461 e. The molecule has 7 heteroatoms. The second-order valence-electron chi connectivity index (χ2n) is 6.95. The molecule has 25 heavy (non-hydrogen) atoms. The highest BCUT2D eigenvalue weighted by atomic mass is 16.6. The molecule has 0 spiro atoms. The number of carbonyl (C=O) groups excluding carboxylic acids is 2. The molecule has 0 unspecified atom stereocenters. The SMILES string of the molecule is C[C@H]1[C@H](C)OC(=O)[C@@H]1N=Cc1ccc(CO)n1[C@H]1C(=O)O[C@@H](C)[C@@H]1C. The van der Waals surface area contributed by atoms with E-state index in [2.05, 4.69) is 4.99 Å². The molecule has 0 aliphatic carbocycles. The highest BCUT2D eigenvalue weighted by Crippen LogP contribution is 2.34. The summed E-state index contributed by atoms with van der Waals surface area (Å²) in [6.45, 7) is 7.38. The summed E-state index contributed by atoms with van der Waals surface area (Å²) in [6.07, 6.45) is 1.23. The largest absolute Gasteiger partial charge is 0.461 e. The number of hydrogen-bond acceptors (Lipinski definition) is 6. The molecule has 2 fully saturated rings. The van der Waals surface area contributed by atoms with Gasteiger partial charge in [0.15, 0.2) is 6.04 Å². The van der Waals surface area contributed by atoms with E-state index in [0.717, 1.165) is 0 Å². The molecule has 3 rings (SSSR count). The number of aromatic nitrogens is 1. The van der Waals surface area contributed by atoms with Gasteiger partial charge in [-0.05, 0) is 26.0 Å². The summed E-state index contributed by atoms with van der Waals surface area (Å²) in [5, 5.41) is 9.64. The normalized spacial score (nSPS) is 35.4. The number of aliphatic hydroxyl groups is 1. The van der Waals surface area contributed by atoms with Crippen LogP contribution in [0.25, 0.3) is 0 Å².